The third-order valence-electron chi connectivity index (χ3n) is 8.36. The summed E-state index contributed by atoms with van der Waals surface area (Å²) in [5, 5.41) is 3.12. The first-order chi connectivity index (χ1) is 16.5. The van der Waals surface area contributed by atoms with Crippen LogP contribution in [0, 0.1) is 30.1 Å². The van der Waals surface area contributed by atoms with Crippen LogP contribution in [0.2, 0.25) is 0 Å². The Kier molecular flexibility index (Phi) is 5.47. The molecule has 1 N–H and O–H groups in total. The largest absolute Gasteiger partial charge is 0.309 e. The van der Waals surface area contributed by atoms with Gasteiger partial charge in [0, 0.05) is 5.56 Å². The average Bonchev–Trinajstić information content (AvgIpc) is 2.81. The minimum atomic E-state index is -0.0302. The van der Waals surface area contributed by atoms with Crippen LogP contribution in [0.15, 0.2) is 60.8 Å². The summed E-state index contributed by atoms with van der Waals surface area (Å²) in [6.45, 7) is 2.06. The van der Waals surface area contributed by atoms with Crippen molar-refractivity contribution < 1.29 is 4.79 Å². The van der Waals surface area contributed by atoms with Crippen molar-refractivity contribution in [3.05, 3.63) is 77.6 Å². The normalized spacial score (nSPS) is 27.0. The Morgan fingerprint density at radius 2 is 1.59 bits per heavy atom. The molecule has 1 heterocycles. The molecule has 1 amide bonds. The Morgan fingerprint density at radius 1 is 0.941 bits per heavy atom. The number of hydrogen-bond acceptors (Lipinski definition) is 3. The van der Waals surface area contributed by atoms with Gasteiger partial charge < -0.3 is 5.32 Å². The number of amides is 1. The number of anilines is 1. The van der Waals surface area contributed by atoms with Gasteiger partial charge in [-0.1, -0.05) is 60.2 Å². The smallest absolute Gasteiger partial charge is 0.229 e. The van der Waals surface area contributed by atoms with Crippen LogP contribution in [-0.4, -0.2) is 15.9 Å². The molecule has 4 aliphatic carbocycles. The minimum Gasteiger partial charge on any atom is -0.309 e. The fourth-order valence-corrected chi connectivity index (χ4v) is 7.33. The Morgan fingerprint density at radius 3 is 2.24 bits per heavy atom. The fourth-order valence-electron chi connectivity index (χ4n) is 7.33. The summed E-state index contributed by atoms with van der Waals surface area (Å²) >= 11 is 0. The van der Waals surface area contributed by atoms with E-state index in [1.807, 2.05) is 30.3 Å². The maximum Gasteiger partial charge on any atom is 0.229 e. The third-order valence-corrected chi connectivity index (χ3v) is 8.36. The lowest BCUT2D eigenvalue weighted by molar-refractivity contribution is -0.115. The molecule has 2 aromatic carbocycles. The van der Waals surface area contributed by atoms with E-state index in [1.54, 1.807) is 6.20 Å². The Balaban J connectivity index is 1.29. The van der Waals surface area contributed by atoms with Gasteiger partial charge in [-0.2, -0.15) is 0 Å². The molecule has 4 saturated carbocycles. The van der Waals surface area contributed by atoms with E-state index in [0.717, 1.165) is 46.7 Å². The third kappa shape index (κ3) is 4.38. The monoisotopic (exact) mass is 451 g/mol. The molecule has 4 heteroatoms. The summed E-state index contributed by atoms with van der Waals surface area (Å²) in [6, 6.07) is 18.4. The number of nitrogens with one attached hydrogen (secondary N) is 1. The van der Waals surface area contributed by atoms with E-state index in [-0.39, 0.29) is 5.91 Å². The van der Waals surface area contributed by atoms with Crippen molar-refractivity contribution in [3.8, 4) is 11.3 Å². The van der Waals surface area contributed by atoms with E-state index in [0.29, 0.717) is 17.7 Å². The molecular formula is C30H33N3O. The summed E-state index contributed by atoms with van der Waals surface area (Å²) < 4.78 is 0. The van der Waals surface area contributed by atoms with Crippen LogP contribution in [-0.2, 0) is 17.6 Å². The van der Waals surface area contributed by atoms with Crippen LogP contribution < -0.4 is 5.32 Å². The molecule has 4 bridgehead atoms. The first-order valence-corrected chi connectivity index (χ1v) is 12.8. The Bertz CT molecular complexity index is 1150. The van der Waals surface area contributed by atoms with Crippen LogP contribution in [0.3, 0.4) is 0 Å². The quantitative estimate of drug-likeness (QED) is 0.472. The summed E-state index contributed by atoms with van der Waals surface area (Å²) in [6.07, 6.45) is 11.3. The lowest BCUT2D eigenvalue weighted by Gasteiger charge is -2.57. The van der Waals surface area contributed by atoms with Gasteiger partial charge in [-0.15, -0.1) is 0 Å². The molecule has 0 spiro atoms. The number of nitrogens with zero attached hydrogens (tertiary/aromatic N) is 2. The van der Waals surface area contributed by atoms with Crippen LogP contribution in [0.1, 0.15) is 55.3 Å². The maximum absolute atomic E-state index is 13.0. The van der Waals surface area contributed by atoms with E-state index < -0.39 is 0 Å². The summed E-state index contributed by atoms with van der Waals surface area (Å²) in [5.41, 5.74) is 5.45. The summed E-state index contributed by atoms with van der Waals surface area (Å²) in [5.74, 6) is 3.27. The first kappa shape index (κ1) is 21.5. The van der Waals surface area contributed by atoms with E-state index in [2.05, 4.69) is 36.5 Å². The number of benzene rings is 2. The van der Waals surface area contributed by atoms with Crippen molar-refractivity contribution in [2.45, 2.75) is 58.3 Å². The predicted octanol–water partition coefficient (Wildman–Crippen LogP) is 6.39. The van der Waals surface area contributed by atoms with Gasteiger partial charge in [-0.25, -0.2) is 9.97 Å². The summed E-state index contributed by atoms with van der Waals surface area (Å²) in [4.78, 5) is 22.8. The van der Waals surface area contributed by atoms with Crippen molar-refractivity contribution in [2.24, 2.45) is 23.2 Å². The molecule has 0 saturated heterocycles. The van der Waals surface area contributed by atoms with Gasteiger partial charge in [0.05, 0.1) is 24.0 Å². The molecule has 34 heavy (non-hydrogen) atoms. The van der Waals surface area contributed by atoms with Gasteiger partial charge in [-0.05, 0) is 80.6 Å². The van der Waals surface area contributed by atoms with Gasteiger partial charge in [-0.3, -0.25) is 4.79 Å². The average molecular weight is 452 g/mol. The van der Waals surface area contributed by atoms with Crippen LogP contribution in [0.25, 0.3) is 11.3 Å². The van der Waals surface area contributed by atoms with E-state index in [1.165, 1.54) is 44.1 Å². The van der Waals surface area contributed by atoms with Gasteiger partial charge in [0.2, 0.25) is 5.91 Å². The standard InChI is InChI=1S/C30H33N3O/c1-20-7-9-21(10-8-20)14-28(34)33-29-26(32-27(19-31-29)25-5-3-2-4-6-25)18-30-15-22-11-23(16-30)13-24(12-22)17-30/h2-10,19,22-24H,11-18H2,1H3,(H,31,33,34). The van der Waals surface area contributed by atoms with Crippen molar-refractivity contribution in [2.75, 3.05) is 5.32 Å². The highest BCUT2D eigenvalue weighted by Crippen LogP contribution is 2.61. The molecular weight excluding hydrogens is 418 g/mol. The SMILES string of the molecule is Cc1ccc(CC(=O)Nc2ncc(-c3ccccc3)nc2CC23CC4CC(CC(C4)C2)C3)cc1. The van der Waals surface area contributed by atoms with E-state index in [4.69, 9.17) is 9.97 Å². The number of aromatic nitrogens is 2. The van der Waals surface area contributed by atoms with Gasteiger partial charge in [0.25, 0.3) is 0 Å². The Labute approximate surface area is 202 Å². The number of carbonyl (C=O) groups is 1. The second-order valence-electron chi connectivity index (χ2n) is 11.2. The highest BCUT2D eigenvalue weighted by molar-refractivity contribution is 5.92. The molecule has 7 rings (SSSR count). The van der Waals surface area contributed by atoms with Crippen LogP contribution in [0.5, 0.6) is 0 Å². The zero-order chi connectivity index (χ0) is 23.1. The molecule has 4 nitrogen and oxygen atoms in total. The second kappa shape index (κ2) is 8.65. The van der Waals surface area contributed by atoms with E-state index >= 15 is 0 Å². The highest BCUT2D eigenvalue weighted by atomic mass is 16.1. The lowest BCUT2D eigenvalue weighted by atomic mass is 9.48. The molecule has 0 atom stereocenters. The number of carbonyl (C=O) groups excluding carboxylic acids is 1. The highest BCUT2D eigenvalue weighted by Gasteiger charge is 2.51. The van der Waals surface area contributed by atoms with Gasteiger partial charge in [0.15, 0.2) is 5.82 Å². The molecule has 4 aliphatic rings. The summed E-state index contributed by atoms with van der Waals surface area (Å²) in [7, 11) is 0. The second-order valence-corrected chi connectivity index (χ2v) is 11.2. The molecule has 0 unspecified atom stereocenters. The van der Waals surface area contributed by atoms with Crippen LogP contribution >= 0.6 is 0 Å². The number of aryl methyl sites for hydroxylation is 1. The fraction of sp³-hybridized carbons (Fsp3) is 0.433. The van der Waals surface area contributed by atoms with Crippen molar-refractivity contribution >= 4 is 11.7 Å². The van der Waals surface area contributed by atoms with Crippen molar-refractivity contribution in [1.82, 2.24) is 9.97 Å². The molecule has 174 valence electrons. The molecule has 0 radical (unpaired) electrons. The minimum absolute atomic E-state index is 0.0302. The number of hydrogen-bond donors (Lipinski definition) is 1. The molecule has 0 aliphatic heterocycles. The predicted molar refractivity (Wildman–Crippen MR) is 135 cm³/mol. The maximum atomic E-state index is 13.0. The number of rotatable bonds is 6. The topological polar surface area (TPSA) is 54.9 Å². The van der Waals surface area contributed by atoms with Crippen molar-refractivity contribution in [3.63, 3.8) is 0 Å². The van der Waals surface area contributed by atoms with Crippen LogP contribution in [0.4, 0.5) is 5.82 Å². The zero-order valence-corrected chi connectivity index (χ0v) is 20.0. The lowest BCUT2D eigenvalue weighted by Crippen LogP contribution is -2.47. The molecule has 3 aromatic rings. The van der Waals surface area contributed by atoms with Gasteiger partial charge >= 0.3 is 0 Å². The van der Waals surface area contributed by atoms with E-state index in [9.17, 15) is 4.79 Å². The molecule has 4 fully saturated rings. The first-order valence-electron chi connectivity index (χ1n) is 12.8. The zero-order valence-electron chi connectivity index (χ0n) is 20.0. The molecule has 1 aromatic heterocycles. The van der Waals surface area contributed by atoms with Gasteiger partial charge in [0.1, 0.15) is 0 Å². The van der Waals surface area contributed by atoms with Crippen molar-refractivity contribution in [1.29, 1.82) is 0 Å². The Hall–Kier alpha value is -3.01.